The van der Waals surface area contributed by atoms with E-state index in [4.69, 9.17) is 0 Å². The third-order valence-electron chi connectivity index (χ3n) is 3.25. The summed E-state index contributed by atoms with van der Waals surface area (Å²) < 4.78 is 0. The van der Waals surface area contributed by atoms with Crippen LogP contribution in [0.3, 0.4) is 0 Å². The van der Waals surface area contributed by atoms with Crippen LogP contribution in [0.4, 0.5) is 0 Å². The average Bonchev–Trinajstić information content (AvgIpc) is 3.29. The minimum atomic E-state index is 1.26. The standard InChI is InChI=1S/C18H10S3/c1-4-16(19-7-1)13-10-14(17-5-2-8-20-17)12-15(11-13)18-6-3-9-21-18/h1-7,10-12H/q+1. The van der Waals surface area contributed by atoms with Crippen molar-refractivity contribution in [1.29, 1.82) is 0 Å². The lowest BCUT2D eigenvalue weighted by molar-refractivity contribution is 1.64. The van der Waals surface area contributed by atoms with Crippen LogP contribution in [0.25, 0.3) is 25.8 Å². The molecule has 0 fully saturated rings. The second-order valence-corrected chi connectivity index (χ2v) is 7.32. The van der Waals surface area contributed by atoms with E-state index in [0.717, 1.165) is 0 Å². The Morgan fingerprint density at radius 3 is 2.48 bits per heavy atom. The van der Waals surface area contributed by atoms with Gasteiger partial charge < -0.3 is 0 Å². The zero-order valence-corrected chi connectivity index (χ0v) is 13.4. The lowest BCUT2D eigenvalue weighted by Gasteiger charge is -2.05. The predicted molar refractivity (Wildman–Crippen MR) is 96.8 cm³/mol. The number of thiophene rings is 2. The first-order valence-corrected chi connectivity index (χ1v) is 9.03. The van der Waals surface area contributed by atoms with Crippen molar-refractivity contribution in [2.75, 3.05) is 0 Å². The normalized spacial score (nSPS) is 12.9. The highest BCUT2D eigenvalue weighted by molar-refractivity contribution is 7.87. The van der Waals surface area contributed by atoms with E-state index in [0.29, 0.717) is 0 Å². The van der Waals surface area contributed by atoms with Crippen molar-refractivity contribution in [1.82, 2.24) is 0 Å². The van der Waals surface area contributed by atoms with Crippen LogP contribution in [-0.4, -0.2) is 5.02 Å². The molecule has 3 heteroatoms. The molecular weight excluding hydrogens is 312 g/mol. The van der Waals surface area contributed by atoms with Crippen LogP contribution in [0.2, 0.25) is 0 Å². The van der Waals surface area contributed by atoms with Gasteiger partial charge in [-0.1, -0.05) is 6.07 Å². The van der Waals surface area contributed by atoms with Crippen molar-refractivity contribution in [2.24, 2.45) is 0 Å². The largest absolute Gasteiger partial charge is 0.280 e. The summed E-state index contributed by atoms with van der Waals surface area (Å²) in [6.07, 6.45) is 4.11. The summed E-state index contributed by atoms with van der Waals surface area (Å²) >= 11 is 5.10. The Morgan fingerprint density at radius 1 is 0.952 bits per heavy atom. The molecule has 99 valence electrons. The molecule has 4 rings (SSSR count). The summed E-state index contributed by atoms with van der Waals surface area (Å²) in [5, 5.41) is 8.48. The van der Waals surface area contributed by atoms with E-state index in [1.54, 1.807) is 34.0 Å². The summed E-state index contributed by atoms with van der Waals surface area (Å²) in [4.78, 5) is 3.82. The molecule has 0 bridgehead atoms. The predicted octanol–water partition coefficient (Wildman–Crippen LogP) is 5.34. The first-order valence-electron chi connectivity index (χ1n) is 6.52. The molecule has 3 aromatic rings. The van der Waals surface area contributed by atoms with Gasteiger partial charge >= 0.3 is 0 Å². The molecule has 1 aromatic carbocycles. The lowest BCUT2D eigenvalue weighted by Crippen LogP contribution is -1.85. The molecular formula is C18H10S3+. The number of hydrogen-bond donors (Lipinski definition) is 0. The third-order valence-corrected chi connectivity index (χ3v) is 5.86. The molecule has 1 aliphatic rings. The highest BCUT2D eigenvalue weighted by Crippen LogP contribution is 2.34. The Bertz CT molecular complexity index is 807. The fourth-order valence-corrected chi connectivity index (χ4v) is 4.27. The van der Waals surface area contributed by atoms with Gasteiger partial charge in [0.05, 0.1) is 0 Å². The topological polar surface area (TPSA) is 0 Å². The van der Waals surface area contributed by atoms with E-state index in [1.165, 1.54) is 31.3 Å². The lowest BCUT2D eigenvalue weighted by atomic mass is 10.0. The van der Waals surface area contributed by atoms with Crippen molar-refractivity contribution >= 4 is 44.0 Å². The molecule has 0 saturated heterocycles. The molecule has 1 radical (unpaired) electrons. The van der Waals surface area contributed by atoms with Crippen LogP contribution < -0.4 is 0 Å². The number of benzene rings is 1. The van der Waals surface area contributed by atoms with Crippen LogP contribution in [0.1, 0.15) is 5.56 Å². The second kappa shape index (κ2) is 5.55. The van der Waals surface area contributed by atoms with Crippen molar-refractivity contribution < 1.29 is 0 Å². The van der Waals surface area contributed by atoms with Crippen LogP contribution in [0.15, 0.2) is 60.0 Å². The van der Waals surface area contributed by atoms with E-state index in [9.17, 15) is 0 Å². The summed E-state index contributed by atoms with van der Waals surface area (Å²) in [6.45, 7) is 0. The number of rotatable bonds is 3. The monoisotopic (exact) mass is 322 g/mol. The van der Waals surface area contributed by atoms with Crippen LogP contribution >= 0.6 is 22.7 Å². The van der Waals surface area contributed by atoms with Gasteiger partial charge in [0.2, 0.25) is 4.91 Å². The van der Waals surface area contributed by atoms with E-state index in [2.05, 4.69) is 58.3 Å². The molecule has 2 aromatic heterocycles. The molecule has 0 atom stereocenters. The minimum absolute atomic E-state index is 1.26. The van der Waals surface area contributed by atoms with E-state index < -0.39 is 0 Å². The molecule has 0 spiro atoms. The maximum atomic E-state index is 3.18. The molecule has 0 amide bonds. The fourth-order valence-electron chi connectivity index (χ4n) is 2.29. The van der Waals surface area contributed by atoms with Crippen molar-refractivity contribution in [3.8, 4) is 20.9 Å². The first-order chi connectivity index (χ1) is 10.4. The van der Waals surface area contributed by atoms with Crippen LogP contribution in [0, 0.1) is 5.38 Å². The summed E-state index contributed by atoms with van der Waals surface area (Å²) in [6, 6.07) is 15.2. The Balaban J connectivity index is 1.90. The van der Waals surface area contributed by atoms with Gasteiger partial charge in [-0.2, -0.15) is 0 Å². The molecule has 0 unspecified atom stereocenters. The van der Waals surface area contributed by atoms with Crippen LogP contribution in [-0.2, 0) is 11.4 Å². The molecule has 0 nitrogen and oxygen atoms in total. The Kier molecular flexibility index (Phi) is 3.42. The van der Waals surface area contributed by atoms with E-state index >= 15 is 0 Å². The van der Waals surface area contributed by atoms with E-state index in [-0.39, 0.29) is 0 Å². The van der Waals surface area contributed by atoms with Crippen LogP contribution in [0.5, 0.6) is 0 Å². The minimum Gasteiger partial charge on any atom is -0.144 e. The van der Waals surface area contributed by atoms with Crippen molar-refractivity contribution in [3.05, 3.63) is 70.9 Å². The Morgan fingerprint density at radius 2 is 1.81 bits per heavy atom. The average molecular weight is 322 g/mol. The van der Waals surface area contributed by atoms with E-state index in [1.807, 2.05) is 12.1 Å². The van der Waals surface area contributed by atoms with Gasteiger partial charge in [-0.05, 0) is 52.9 Å². The van der Waals surface area contributed by atoms with Gasteiger partial charge in [-0.15, -0.1) is 22.7 Å². The van der Waals surface area contributed by atoms with Gasteiger partial charge in [0.25, 0.3) is 11.4 Å². The maximum absolute atomic E-state index is 3.18. The number of hydrogen-bond acceptors (Lipinski definition) is 2. The summed E-state index contributed by atoms with van der Waals surface area (Å²) in [5.41, 5.74) is 3.80. The zero-order chi connectivity index (χ0) is 14.1. The SMILES string of the molecule is C1=CC=C(c2cc(-c3cc[c]s3)cc(-c3cccs3)c2)[S+]=1. The van der Waals surface area contributed by atoms with Gasteiger partial charge in [0, 0.05) is 32.8 Å². The molecule has 0 saturated carbocycles. The van der Waals surface area contributed by atoms with Crippen molar-refractivity contribution in [3.63, 3.8) is 0 Å². The zero-order valence-electron chi connectivity index (χ0n) is 11.0. The van der Waals surface area contributed by atoms with Gasteiger partial charge in [0.15, 0.2) is 5.02 Å². The molecule has 0 aliphatic carbocycles. The van der Waals surface area contributed by atoms with Gasteiger partial charge in [-0.3, -0.25) is 0 Å². The van der Waals surface area contributed by atoms with Crippen molar-refractivity contribution in [2.45, 2.75) is 0 Å². The fraction of sp³-hybridized carbons (Fsp3) is 0. The highest BCUT2D eigenvalue weighted by atomic mass is 32.1. The maximum Gasteiger partial charge on any atom is 0.280 e. The summed E-state index contributed by atoms with van der Waals surface area (Å²) in [5.74, 6) is 0. The number of allylic oxidation sites excluding steroid dienone is 2. The first kappa shape index (κ1) is 12.9. The Labute approximate surface area is 135 Å². The highest BCUT2D eigenvalue weighted by Gasteiger charge is 2.17. The van der Waals surface area contributed by atoms with Gasteiger partial charge in [-0.25, -0.2) is 0 Å². The second-order valence-electron chi connectivity index (χ2n) is 4.61. The molecule has 3 heterocycles. The van der Waals surface area contributed by atoms with Gasteiger partial charge in [0.1, 0.15) is 0 Å². The quantitative estimate of drug-likeness (QED) is 0.451. The molecule has 1 aliphatic heterocycles. The Hall–Kier alpha value is -1.77. The summed E-state index contributed by atoms with van der Waals surface area (Å²) in [7, 11) is 0. The molecule has 21 heavy (non-hydrogen) atoms. The molecule has 0 N–H and O–H groups in total. The smallest absolute Gasteiger partial charge is 0.144 e. The third kappa shape index (κ3) is 2.57.